The summed E-state index contributed by atoms with van der Waals surface area (Å²) in [5, 5.41) is 10.6. The van der Waals surface area contributed by atoms with Crippen LogP contribution in [-0.2, 0) is 0 Å². The summed E-state index contributed by atoms with van der Waals surface area (Å²) in [7, 11) is 0. The number of hydrogen-bond donors (Lipinski definition) is 1. The average Bonchev–Trinajstić information content (AvgIpc) is 3.13. The van der Waals surface area contributed by atoms with Crippen LogP contribution >= 0.6 is 34.4 Å². The summed E-state index contributed by atoms with van der Waals surface area (Å²) < 4.78 is 0. The fraction of sp³-hybridized carbons (Fsp3) is 0. The molecule has 0 atom stereocenters. The largest absolute Gasteiger partial charge is 0.278 e. The van der Waals surface area contributed by atoms with E-state index < -0.39 is 0 Å². The van der Waals surface area contributed by atoms with Crippen LogP contribution in [0.2, 0.25) is 0 Å². The zero-order chi connectivity index (χ0) is 13.6. The van der Waals surface area contributed by atoms with E-state index in [1.54, 1.807) is 34.4 Å². The maximum atomic E-state index is 4.30. The standard InChI is InChI=1S/C15H12N2S3/c1-2-4-12(5-3-1)17-16-10-15-14(7-9-19-15)20-13-6-8-18-11-13/h1-11,17H/b16-10+. The van der Waals surface area contributed by atoms with Crippen molar-refractivity contribution in [1.29, 1.82) is 0 Å². The predicted octanol–water partition coefficient (Wildman–Crippen LogP) is 5.41. The van der Waals surface area contributed by atoms with E-state index in [0.717, 1.165) is 5.69 Å². The molecule has 0 unspecified atom stereocenters. The molecular weight excluding hydrogens is 304 g/mol. The van der Waals surface area contributed by atoms with Crippen LogP contribution in [0.5, 0.6) is 0 Å². The van der Waals surface area contributed by atoms with Crippen LogP contribution in [0.15, 0.2) is 73.5 Å². The summed E-state index contributed by atoms with van der Waals surface area (Å²) >= 11 is 5.19. The summed E-state index contributed by atoms with van der Waals surface area (Å²) in [5.74, 6) is 0. The number of thiophene rings is 2. The monoisotopic (exact) mass is 316 g/mol. The summed E-state index contributed by atoms with van der Waals surface area (Å²) in [6.07, 6.45) is 1.88. The van der Waals surface area contributed by atoms with Crippen molar-refractivity contribution in [3.05, 3.63) is 63.5 Å². The van der Waals surface area contributed by atoms with E-state index >= 15 is 0 Å². The van der Waals surface area contributed by atoms with Crippen molar-refractivity contribution in [3.63, 3.8) is 0 Å². The topological polar surface area (TPSA) is 24.4 Å². The third-order valence-corrected chi connectivity index (χ3v) is 5.41. The van der Waals surface area contributed by atoms with Gasteiger partial charge in [0, 0.05) is 15.2 Å². The van der Waals surface area contributed by atoms with Crippen LogP contribution in [0.25, 0.3) is 0 Å². The van der Waals surface area contributed by atoms with Gasteiger partial charge in [-0.3, -0.25) is 5.43 Å². The first-order chi connectivity index (χ1) is 9.92. The van der Waals surface area contributed by atoms with Gasteiger partial charge in [0.15, 0.2) is 0 Å². The van der Waals surface area contributed by atoms with Crippen molar-refractivity contribution in [2.45, 2.75) is 9.79 Å². The van der Waals surface area contributed by atoms with Crippen LogP contribution < -0.4 is 5.43 Å². The van der Waals surface area contributed by atoms with Gasteiger partial charge in [0.05, 0.1) is 16.8 Å². The van der Waals surface area contributed by atoms with Gasteiger partial charge < -0.3 is 0 Å². The number of anilines is 1. The highest BCUT2D eigenvalue weighted by Gasteiger charge is 2.04. The van der Waals surface area contributed by atoms with Crippen LogP contribution in [-0.4, -0.2) is 6.21 Å². The van der Waals surface area contributed by atoms with Crippen LogP contribution in [0, 0.1) is 0 Å². The zero-order valence-electron chi connectivity index (χ0n) is 10.5. The molecule has 2 heterocycles. The number of hydrazone groups is 1. The Bertz CT molecular complexity index is 672. The Morgan fingerprint density at radius 3 is 2.75 bits per heavy atom. The molecule has 0 aliphatic rings. The maximum absolute atomic E-state index is 4.30. The first-order valence-corrected chi connectivity index (χ1v) is 8.67. The smallest absolute Gasteiger partial charge is 0.0656 e. The average molecular weight is 316 g/mol. The zero-order valence-corrected chi connectivity index (χ0v) is 13.0. The Hall–Kier alpha value is -1.56. The third-order valence-electron chi connectivity index (χ3n) is 2.53. The molecule has 0 aliphatic carbocycles. The molecule has 0 fully saturated rings. The van der Waals surface area contributed by atoms with Crippen LogP contribution in [0.4, 0.5) is 5.69 Å². The number of rotatable bonds is 5. The fourth-order valence-corrected chi connectivity index (χ4v) is 4.25. The van der Waals surface area contributed by atoms with Gasteiger partial charge in [-0.05, 0) is 35.0 Å². The van der Waals surface area contributed by atoms with Gasteiger partial charge in [-0.25, -0.2) is 0 Å². The third kappa shape index (κ3) is 3.50. The molecule has 2 aromatic heterocycles. The highest BCUT2D eigenvalue weighted by atomic mass is 32.2. The quantitative estimate of drug-likeness (QED) is 0.503. The molecule has 100 valence electrons. The van der Waals surface area contributed by atoms with Crippen molar-refractivity contribution in [2.24, 2.45) is 5.10 Å². The Morgan fingerprint density at radius 1 is 1.05 bits per heavy atom. The van der Waals surface area contributed by atoms with Gasteiger partial charge in [0.2, 0.25) is 0 Å². The molecule has 0 saturated heterocycles. The molecule has 1 aromatic carbocycles. The molecule has 1 N–H and O–H groups in total. The van der Waals surface area contributed by atoms with Crippen LogP contribution in [0.3, 0.4) is 0 Å². The second-order valence-corrected chi connectivity index (χ2v) is 6.79. The first-order valence-electron chi connectivity index (χ1n) is 6.03. The van der Waals surface area contributed by atoms with Gasteiger partial charge in [-0.1, -0.05) is 30.0 Å². The van der Waals surface area contributed by atoms with Gasteiger partial charge in [0.25, 0.3) is 0 Å². The second-order valence-electron chi connectivity index (χ2n) is 3.95. The van der Waals surface area contributed by atoms with E-state index in [2.05, 4.69) is 38.8 Å². The van der Waals surface area contributed by atoms with E-state index in [-0.39, 0.29) is 0 Å². The molecule has 0 radical (unpaired) electrons. The summed E-state index contributed by atoms with van der Waals surface area (Å²) in [6.45, 7) is 0. The Kier molecular flexibility index (Phi) is 4.53. The van der Waals surface area contributed by atoms with Gasteiger partial charge in [0.1, 0.15) is 0 Å². The molecule has 3 aromatic rings. The molecule has 0 aliphatic heterocycles. The van der Waals surface area contributed by atoms with Crippen molar-refractivity contribution in [3.8, 4) is 0 Å². The van der Waals surface area contributed by atoms with Gasteiger partial charge >= 0.3 is 0 Å². The molecule has 2 nitrogen and oxygen atoms in total. The Labute approximate surface area is 130 Å². The molecule has 0 bridgehead atoms. The molecule has 20 heavy (non-hydrogen) atoms. The Balaban J connectivity index is 1.67. The predicted molar refractivity (Wildman–Crippen MR) is 90.4 cm³/mol. The highest BCUT2D eigenvalue weighted by Crippen LogP contribution is 2.33. The summed E-state index contributed by atoms with van der Waals surface area (Å²) in [6, 6.07) is 14.2. The highest BCUT2D eigenvalue weighted by molar-refractivity contribution is 7.99. The molecule has 0 spiro atoms. The van der Waals surface area contributed by atoms with Crippen molar-refractivity contribution in [1.82, 2.24) is 0 Å². The molecule has 0 saturated carbocycles. The molecule has 5 heteroatoms. The maximum Gasteiger partial charge on any atom is 0.0656 e. The summed E-state index contributed by atoms with van der Waals surface area (Å²) in [5.41, 5.74) is 4.03. The summed E-state index contributed by atoms with van der Waals surface area (Å²) in [4.78, 5) is 3.69. The minimum Gasteiger partial charge on any atom is -0.278 e. The SMILES string of the molecule is C(=N\Nc1ccccc1)/c1sccc1Sc1ccsc1. The molecular formula is C15H12N2S3. The lowest BCUT2D eigenvalue weighted by atomic mass is 10.3. The minimum atomic E-state index is 0.993. The van der Waals surface area contributed by atoms with E-state index in [4.69, 9.17) is 0 Å². The van der Waals surface area contributed by atoms with E-state index in [1.807, 2.05) is 36.5 Å². The first kappa shape index (κ1) is 13.4. The number of para-hydroxylation sites is 1. The lowest BCUT2D eigenvalue weighted by molar-refractivity contribution is 1.35. The number of nitrogens with one attached hydrogen (secondary N) is 1. The minimum absolute atomic E-state index is 0.993. The van der Waals surface area contributed by atoms with Crippen molar-refractivity contribution in [2.75, 3.05) is 5.43 Å². The van der Waals surface area contributed by atoms with E-state index in [1.165, 1.54) is 14.7 Å². The lowest BCUT2D eigenvalue weighted by Gasteiger charge is -1.99. The number of hydrogen-bond acceptors (Lipinski definition) is 5. The fourth-order valence-electron chi connectivity index (χ4n) is 1.60. The number of benzene rings is 1. The van der Waals surface area contributed by atoms with Gasteiger partial charge in [-0.2, -0.15) is 16.4 Å². The van der Waals surface area contributed by atoms with Crippen molar-refractivity contribution >= 4 is 46.3 Å². The van der Waals surface area contributed by atoms with Gasteiger partial charge in [-0.15, -0.1) is 11.3 Å². The van der Waals surface area contributed by atoms with Crippen molar-refractivity contribution < 1.29 is 0 Å². The second kappa shape index (κ2) is 6.74. The van der Waals surface area contributed by atoms with E-state index in [9.17, 15) is 0 Å². The van der Waals surface area contributed by atoms with E-state index in [0.29, 0.717) is 0 Å². The lowest BCUT2D eigenvalue weighted by Crippen LogP contribution is -1.89. The normalized spacial score (nSPS) is 11.0. The molecule has 3 rings (SSSR count). The Morgan fingerprint density at radius 2 is 1.95 bits per heavy atom. The number of nitrogens with zero attached hydrogens (tertiary/aromatic N) is 1. The molecule has 0 amide bonds. The van der Waals surface area contributed by atoms with Crippen LogP contribution in [0.1, 0.15) is 4.88 Å².